The van der Waals surface area contributed by atoms with E-state index in [4.69, 9.17) is 25.5 Å². The van der Waals surface area contributed by atoms with Crippen molar-refractivity contribution in [1.82, 2.24) is 0 Å². The maximum atomic E-state index is 12.5. The molecule has 2 heterocycles. The van der Waals surface area contributed by atoms with Gasteiger partial charge in [0.2, 0.25) is 0 Å². The van der Waals surface area contributed by atoms with E-state index >= 15 is 0 Å². The number of rotatable bonds is 2. The number of benzene rings is 2. The van der Waals surface area contributed by atoms with Crippen molar-refractivity contribution in [2.45, 2.75) is 39.2 Å². The third-order valence-electron chi connectivity index (χ3n) is 6.00. The van der Waals surface area contributed by atoms with E-state index in [0.717, 1.165) is 64.8 Å². The average Bonchev–Trinajstić information content (AvgIpc) is 2.74. The lowest BCUT2D eigenvalue weighted by molar-refractivity contribution is 0.287. The normalized spacial score (nSPS) is 15.6. The molecule has 2 aliphatic rings. The number of nitrogens with zero attached hydrogens (tertiary/aromatic N) is 1. The van der Waals surface area contributed by atoms with Crippen molar-refractivity contribution in [1.29, 1.82) is 0 Å². The van der Waals surface area contributed by atoms with Gasteiger partial charge in [-0.25, -0.2) is 4.79 Å². The zero-order chi connectivity index (χ0) is 20.1. The van der Waals surface area contributed by atoms with Gasteiger partial charge in [-0.05, 0) is 62.4 Å². The molecular weight excluding hydrogens is 390 g/mol. The average molecular weight is 412 g/mol. The molecule has 5 rings (SSSR count). The van der Waals surface area contributed by atoms with Crippen molar-refractivity contribution in [2.75, 3.05) is 18.7 Å². The molecule has 0 fully saturated rings. The second-order valence-electron chi connectivity index (χ2n) is 7.71. The first-order valence-corrected chi connectivity index (χ1v) is 10.3. The van der Waals surface area contributed by atoms with Gasteiger partial charge in [-0.1, -0.05) is 11.6 Å². The van der Waals surface area contributed by atoms with Crippen molar-refractivity contribution < 1.29 is 13.9 Å². The molecule has 1 aliphatic heterocycles. The van der Waals surface area contributed by atoms with Crippen LogP contribution in [-0.2, 0) is 19.4 Å². The van der Waals surface area contributed by atoms with Gasteiger partial charge in [0.15, 0.2) is 6.73 Å². The van der Waals surface area contributed by atoms with E-state index in [0.29, 0.717) is 29.6 Å². The Labute approximate surface area is 173 Å². The van der Waals surface area contributed by atoms with Crippen molar-refractivity contribution in [3.8, 4) is 11.5 Å². The smallest absolute Gasteiger partial charge is 0.339 e. The number of hydrogen-bond acceptors (Lipinski definition) is 5. The Morgan fingerprint density at radius 2 is 1.93 bits per heavy atom. The quantitative estimate of drug-likeness (QED) is 0.555. The Balaban J connectivity index is 1.60. The number of anilines is 1. The van der Waals surface area contributed by atoms with Gasteiger partial charge >= 0.3 is 5.63 Å². The highest BCUT2D eigenvalue weighted by molar-refractivity contribution is 6.32. The standard InChI is InChI=1S/C23H22ClNO4/c1-13-21-14(9-18-16-5-3-4-6-17(16)23(26)29-22(13)18)11-25(12-28-21)15-7-8-20(27-2)19(24)10-15/h7-10H,3-6,11-12H2,1-2H3. The first kappa shape index (κ1) is 18.4. The van der Waals surface area contributed by atoms with Gasteiger partial charge in [0.25, 0.3) is 0 Å². The summed E-state index contributed by atoms with van der Waals surface area (Å²) in [6.45, 7) is 3.07. The third-order valence-corrected chi connectivity index (χ3v) is 6.29. The molecule has 150 valence electrons. The maximum absolute atomic E-state index is 12.5. The van der Waals surface area contributed by atoms with Crippen molar-refractivity contribution in [2.24, 2.45) is 0 Å². The Hall–Kier alpha value is -2.66. The van der Waals surface area contributed by atoms with Crippen molar-refractivity contribution in [3.05, 3.63) is 62.0 Å². The molecule has 0 N–H and O–H groups in total. The molecule has 0 amide bonds. The summed E-state index contributed by atoms with van der Waals surface area (Å²) < 4.78 is 17.1. The Kier molecular flexibility index (Phi) is 4.43. The lowest BCUT2D eigenvalue weighted by Gasteiger charge is -2.32. The summed E-state index contributed by atoms with van der Waals surface area (Å²) in [5, 5.41) is 1.62. The summed E-state index contributed by atoms with van der Waals surface area (Å²) in [7, 11) is 1.61. The summed E-state index contributed by atoms with van der Waals surface area (Å²) in [5.74, 6) is 1.46. The van der Waals surface area contributed by atoms with Crippen LogP contribution in [0, 0.1) is 6.92 Å². The summed E-state index contributed by atoms with van der Waals surface area (Å²) in [4.78, 5) is 14.6. The Morgan fingerprint density at radius 3 is 2.69 bits per heavy atom. The van der Waals surface area contributed by atoms with Crippen LogP contribution in [-0.4, -0.2) is 13.8 Å². The van der Waals surface area contributed by atoms with E-state index in [1.165, 1.54) is 0 Å². The monoisotopic (exact) mass is 411 g/mol. The van der Waals surface area contributed by atoms with Crippen LogP contribution in [0.15, 0.2) is 33.5 Å². The number of halogens is 1. The fourth-order valence-corrected chi connectivity index (χ4v) is 4.77. The molecular formula is C23H22ClNO4. The highest BCUT2D eigenvalue weighted by Gasteiger charge is 2.26. The molecule has 1 aliphatic carbocycles. The van der Waals surface area contributed by atoms with Crippen LogP contribution in [0.4, 0.5) is 5.69 Å². The van der Waals surface area contributed by atoms with Gasteiger partial charge in [0.05, 0.1) is 12.1 Å². The van der Waals surface area contributed by atoms with E-state index in [2.05, 4.69) is 11.0 Å². The van der Waals surface area contributed by atoms with Gasteiger partial charge in [0, 0.05) is 34.3 Å². The number of aryl methyl sites for hydroxylation is 2. The van der Waals surface area contributed by atoms with Crippen LogP contribution in [0.2, 0.25) is 5.02 Å². The van der Waals surface area contributed by atoms with Gasteiger partial charge in [-0.2, -0.15) is 0 Å². The molecule has 29 heavy (non-hydrogen) atoms. The second-order valence-corrected chi connectivity index (χ2v) is 8.12. The fraction of sp³-hybridized carbons (Fsp3) is 0.348. The summed E-state index contributed by atoms with van der Waals surface area (Å²) in [6, 6.07) is 7.88. The molecule has 0 unspecified atom stereocenters. The first-order valence-electron chi connectivity index (χ1n) is 9.89. The van der Waals surface area contributed by atoms with E-state index in [9.17, 15) is 4.79 Å². The maximum Gasteiger partial charge on any atom is 0.339 e. The topological polar surface area (TPSA) is 51.9 Å². The zero-order valence-electron chi connectivity index (χ0n) is 16.5. The molecule has 3 aromatic rings. The molecule has 6 heteroatoms. The lowest BCUT2D eigenvalue weighted by atomic mass is 9.89. The van der Waals surface area contributed by atoms with Gasteiger partial charge in [-0.15, -0.1) is 0 Å². The molecule has 1 aromatic heterocycles. The second kappa shape index (κ2) is 6.99. The largest absolute Gasteiger partial charge is 0.495 e. The molecule has 0 spiro atoms. The first-order chi connectivity index (χ1) is 14.1. The zero-order valence-corrected chi connectivity index (χ0v) is 17.3. The summed E-state index contributed by atoms with van der Waals surface area (Å²) >= 11 is 6.31. The molecule has 0 radical (unpaired) electrons. The minimum Gasteiger partial charge on any atom is -0.495 e. The summed E-state index contributed by atoms with van der Waals surface area (Å²) in [6.07, 6.45) is 3.88. The molecule has 2 aromatic carbocycles. The predicted octanol–water partition coefficient (Wildman–Crippen LogP) is 5.00. The number of fused-ring (bicyclic) bond motifs is 4. The van der Waals surface area contributed by atoms with Crippen molar-refractivity contribution >= 4 is 28.3 Å². The predicted molar refractivity (Wildman–Crippen MR) is 114 cm³/mol. The SMILES string of the molecule is COc1ccc(N2COc3c(cc4c5c(c(=O)oc4c3C)CCCC5)C2)cc1Cl. The highest BCUT2D eigenvalue weighted by Crippen LogP contribution is 2.39. The fourth-order valence-electron chi connectivity index (χ4n) is 4.52. The molecule has 0 bridgehead atoms. The van der Waals surface area contributed by atoms with Crippen LogP contribution in [0.5, 0.6) is 11.5 Å². The van der Waals surface area contributed by atoms with E-state index < -0.39 is 0 Å². The molecule has 0 atom stereocenters. The van der Waals surface area contributed by atoms with Crippen molar-refractivity contribution in [3.63, 3.8) is 0 Å². The number of ether oxygens (including phenoxy) is 2. The van der Waals surface area contributed by atoms with Gasteiger partial charge in [-0.3, -0.25) is 0 Å². The third kappa shape index (κ3) is 2.96. The van der Waals surface area contributed by atoms with E-state index in [1.54, 1.807) is 7.11 Å². The Bertz CT molecular complexity index is 1180. The van der Waals surface area contributed by atoms with Crippen LogP contribution in [0.3, 0.4) is 0 Å². The van der Waals surface area contributed by atoms with Gasteiger partial charge < -0.3 is 18.8 Å². The minimum absolute atomic E-state index is 0.194. The highest BCUT2D eigenvalue weighted by atomic mass is 35.5. The van der Waals surface area contributed by atoms with E-state index in [1.807, 2.05) is 25.1 Å². The molecule has 5 nitrogen and oxygen atoms in total. The number of hydrogen-bond donors (Lipinski definition) is 0. The summed E-state index contributed by atoms with van der Waals surface area (Å²) in [5.41, 5.74) is 5.43. The van der Waals surface area contributed by atoms with Crippen LogP contribution in [0.25, 0.3) is 11.0 Å². The lowest BCUT2D eigenvalue weighted by Crippen LogP contribution is -2.32. The molecule has 0 saturated carbocycles. The van der Waals surface area contributed by atoms with Crippen LogP contribution < -0.4 is 20.0 Å². The van der Waals surface area contributed by atoms with Crippen LogP contribution in [0.1, 0.15) is 35.1 Å². The molecule has 0 saturated heterocycles. The Morgan fingerprint density at radius 1 is 1.14 bits per heavy atom. The van der Waals surface area contributed by atoms with E-state index in [-0.39, 0.29) is 5.63 Å². The van der Waals surface area contributed by atoms with Gasteiger partial charge in [0.1, 0.15) is 17.1 Å². The van der Waals surface area contributed by atoms with Crippen LogP contribution >= 0.6 is 11.6 Å². The minimum atomic E-state index is -0.194. The number of methoxy groups -OCH3 is 1.